The summed E-state index contributed by atoms with van der Waals surface area (Å²) in [6, 6.07) is 15.4. The first-order chi connectivity index (χ1) is 17.5. The van der Waals surface area contributed by atoms with Crippen molar-refractivity contribution in [2.24, 2.45) is 10.2 Å². The zero-order valence-corrected chi connectivity index (χ0v) is 21.7. The van der Waals surface area contributed by atoms with Crippen LogP contribution in [0.25, 0.3) is 10.8 Å². The molecule has 0 atom stereocenters. The maximum Gasteiger partial charge on any atom is 0.294 e. The van der Waals surface area contributed by atoms with E-state index in [9.17, 15) is 22.9 Å². The number of ether oxygens (including phenoxy) is 1. The van der Waals surface area contributed by atoms with Crippen molar-refractivity contribution in [3.05, 3.63) is 81.8 Å². The summed E-state index contributed by atoms with van der Waals surface area (Å²) in [5.41, 5.74) is 0.300. The summed E-state index contributed by atoms with van der Waals surface area (Å²) in [6.45, 7) is 1.46. The number of aromatic hydroxyl groups is 1. The Labute approximate surface area is 222 Å². The lowest BCUT2D eigenvalue weighted by Gasteiger charge is -2.12. The van der Waals surface area contributed by atoms with Crippen molar-refractivity contribution in [3.8, 4) is 11.5 Å². The smallest absolute Gasteiger partial charge is 0.294 e. The highest BCUT2D eigenvalue weighted by atomic mass is 35.5. The van der Waals surface area contributed by atoms with Crippen molar-refractivity contribution in [3.63, 3.8) is 0 Å². The number of carbonyl (C=O) groups excluding carboxylic acids is 1. The molecule has 0 aliphatic heterocycles. The van der Waals surface area contributed by atoms with Crippen molar-refractivity contribution >= 4 is 67.1 Å². The van der Waals surface area contributed by atoms with Crippen LogP contribution >= 0.6 is 23.2 Å². The van der Waals surface area contributed by atoms with Crippen LogP contribution in [0.2, 0.25) is 10.0 Å². The summed E-state index contributed by atoms with van der Waals surface area (Å²) < 4.78 is 38.0. The average molecular weight is 560 g/mol. The van der Waals surface area contributed by atoms with Gasteiger partial charge in [0.25, 0.3) is 16.0 Å². The van der Waals surface area contributed by atoms with Gasteiger partial charge in [-0.15, -0.1) is 10.2 Å². The predicted molar refractivity (Wildman–Crippen MR) is 142 cm³/mol. The van der Waals surface area contributed by atoms with E-state index in [0.717, 1.165) is 6.07 Å². The number of anilines is 1. The van der Waals surface area contributed by atoms with Crippen molar-refractivity contribution in [1.82, 2.24) is 0 Å². The van der Waals surface area contributed by atoms with Crippen LogP contribution in [-0.4, -0.2) is 31.1 Å². The number of nitrogens with one attached hydrogen (secondary N) is 1. The molecule has 37 heavy (non-hydrogen) atoms. The summed E-state index contributed by atoms with van der Waals surface area (Å²) in [4.78, 5) is 12.7. The molecule has 9 nitrogen and oxygen atoms in total. The third kappa shape index (κ3) is 5.52. The molecule has 12 heteroatoms. The SMILES string of the molecule is COc1ccc(NC(=O)c2cc3ccccc3c(N=Nc3cc(S(=O)(=O)O)c(C)cc3Cl)c2O)c(Cl)c1. The molecule has 1 amide bonds. The van der Waals surface area contributed by atoms with Crippen LogP contribution < -0.4 is 10.1 Å². The fraction of sp³-hybridized carbons (Fsp3) is 0.0800. The monoisotopic (exact) mass is 559 g/mol. The van der Waals surface area contributed by atoms with Crippen LogP contribution in [-0.2, 0) is 10.1 Å². The molecule has 0 unspecified atom stereocenters. The van der Waals surface area contributed by atoms with E-state index in [4.69, 9.17) is 27.9 Å². The highest BCUT2D eigenvalue weighted by Crippen LogP contribution is 2.41. The van der Waals surface area contributed by atoms with E-state index in [1.807, 2.05) is 0 Å². The molecule has 4 rings (SSSR count). The van der Waals surface area contributed by atoms with E-state index in [-0.39, 0.29) is 37.4 Å². The molecule has 0 fully saturated rings. The van der Waals surface area contributed by atoms with Crippen LogP contribution in [0.5, 0.6) is 11.5 Å². The minimum absolute atomic E-state index is 0.0471. The highest BCUT2D eigenvalue weighted by Gasteiger charge is 2.20. The molecule has 0 aliphatic rings. The number of hydrogen-bond acceptors (Lipinski definition) is 7. The van der Waals surface area contributed by atoms with Crippen molar-refractivity contribution in [2.75, 3.05) is 12.4 Å². The number of hydrogen-bond donors (Lipinski definition) is 3. The number of phenols is 1. The highest BCUT2D eigenvalue weighted by molar-refractivity contribution is 7.85. The van der Waals surface area contributed by atoms with Crippen LogP contribution in [0.4, 0.5) is 17.1 Å². The van der Waals surface area contributed by atoms with Crippen molar-refractivity contribution in [2.45, 2.75) is 11.8 Å². The van der Waals surface area contributed by atoms with E-state index in [1.165, 1.54) is 32.2 Å². The number of aryl methyl sites for hydroxylation is 1. The first-order valence-electron chi connectivity index (χ1n) is 10.6. The number of rotatable bonds is 6. The quantitative estimate of drug-likeness (QED) is 0.170. The number of nitrogens with zero attached hydrogens (tertiary/aromatic N) is 2. The van der Waals surface area contributed by atoms with Gasteiger partial charge in [0.15, 0.2) is 5.75 Å². The third-order valence-electron chi connectivity index (χ3n) is 5.44. The van der Waals surface area contributed by atoms with Crippen LogP contribution in [0.3, 0.4) is 0 Å². The number of halogens is 2. The topological polar surface area (TPSA) is 138 Å². The summed E-state index contributed by atoms with van der Waals surface area (Å²) in [5, 5.41) is 23.1. The van der Waals surface area contributed by atoms with E-state index in [0.29, 0.717) is 22.2 Å². The zero-order chi connectivity index (χ0) is 26.9. The predicted octanol–water partition coefficient (Wildman–Crippen LogP) is 7.08. The molecule has 0 bridgehead atoms. The molecule has 0 saturated carbocycles. The molecule has 0 radical (unpaired) electrons. The van der Waals surface area contributed by atoms with Gasteiger partial charge in [-0.25, -0.2) is 0 Å². The molecule has 3 N–H and O–H groups in total. The van der Waals surface area contributed by atoms with Gasteiger partial charge in [-0.05, 0) is 48.2 Å². The Balaban J connectivity index is 1.80. The summed E-state index contributed by atoms with van der Waals surface area (Å²) in [6.07, 6.45) is 0. The number of carbonyl (C=O) groups is 1. The molecule has 0 saturated heterocycles. The first kappa shape index (κ1) is 26.4. The van der Waals surface area contributed by atoms with Gasteiger partial charge in [0.1, 0.15) is 17.1 Å². The van der Waals surface area contributed by atoms with E-state index < -0.39 is 21.8 Å². The second-order valence-corrected chi connectivity index (χ2v) is 10.1. The lowest BCUT2D eigenvalue weighted by Crippen LogP contribution is -2.12. The Morgan fingerprint density at radius 1 is 1.00 bits per heavy atom. The number of phenolic OH excluding ortho intramolecular Hbond substituents is 1. The van der Waals surface area contributed by atoms with Gasteiger partial charge in [-0.3, -0.25) is 9.35 Å². The third-order valence-corrected chi connectivity index (χ3v) is 7.06. The van der Waals surface area contributed by atoms with Gasteiger partial charge in [0, 0.05) is 11.5 Å². The van der Waals surface area contributed by atoms with Crippen molar-refractivity contribution in [1.29, 1.82) is 0 Å². The Kier molecular flexibility index (Phi) is 7.37. The molecular formula is C25H19Cl2N3O6S. The van der Waals surface area contributed by atoms with Gasteiger partial charge >= 0.3 is 0 Å². The van der Waals surface area contributed by atoms with Gasteiger partial charge in [0.05, 0.1) is 33.3 Å². The molecule has 190 valence electrons. The van der Waals surface area contributed by atoms with Gasteiger partial charge in [-0.2, -0.15) is 8.42 Å². The fourth-order valence-electron chi connectivity index (χ4n) is 3.61. The summed E-state index contributed by atoms with van der Waals surface area (Å²) in [5.74, 6) is -0.622. The second kappa shape index (κ2) is 10.3. The molecule has 0 spiro atoms. The molecule has 4 aromatic rings. The maximum absolute atomic E-state index is 13.1. The molecular weight excluding hydrogens is 541 g/mol. The molecule has 0 aliphatic carbocycles. The first-order valence-corrected chi connectivity index (χ1v) is 12.8. The number of azo groups is 1. The number of methoxy groups -OCH3 is 1. The van der Waals surface area contributed by atoms with Crippen LogP contribution in [0.15, 0.2) is 75.8 Å². The minimum Gasteiger partial charge on any atom is -0.505 e. The largest absolute Gasteiger partial charge is 0.505 e. The lowest BCUT2D eigenvalue weighted by molar-refractivity contribution is 0.102. The van der Waals surface area contributed by atoms with E-state index in [2.05, 4.69) is 15.5 Å². The zero-order valence-electron chi connectivity index (χ0n) is 19.4. The number of benzene rings is 4. The molecule has 0 aromatic heterocycles. The van der Waals surface area contributed by atoms with Gasteiger partial charge in [-0.1, -0.05) is 47.5 Å². The Morgan fingerprint density at radius 2 is 1.73 bits per heavy atom. The second-order valence-electron chi connectivity index (χ2n) is 7.89. The molecule has 4 aromatic carbocycles. The number of amides is 1. The Hall–Kier alpha value is -3.70. The minimum atomic E-state index is -4.54. The normalized spacial score (nSPS) is 11.7. The van der Waals surface area contributed by atoms with E-state index >= 15 is 0 Å². The lowest BCUT2D eigenvalue weighted by atomic mass is 10.0. The Bertz CT molecular complexity index is 1690. The van der Waals surface area contributed by atoms with Gasteiger partial charge < -0.3 is 15.2 Å². The van der Waals surface area contributed by atoms with Crippen LogP contribution in [0.1, 0.15) is 15.9 Å². The standard InChI is InChI=1S/C25H19Cl2N3O6S/c1-13-9-18(26)21(12-22(13)37(33,34)35)29-30-23-16-6-4-3-5-14(16)10-17(24(23)31)25(32)28-20-8-7-15(36-2)11-19(20)27/h3-12,31H,1-2H3,(H,28,32)(H,33,34,35). The Morgan fingerprint density at radius 3 is 2.41 bits per heavy atom. The summed E-state index contributed by atoms with van der Waals surface area (Å²) in [7, 11) is -3.05. The van der Waals surface area contributed by atoms with Crippen LogP contribution in [0, 0.1) is 6.92 Å². The fourth-order valence-corrected chi connectivity index (χ4v) is 4.81. The van der Waals surface area contributed by atoms with E-state index in [1.54, 1.807) is 36.4 Å². The van der Waals surface area contributed by atoms with Gasteiger partial charge in [0.2, 0.25) is 0 Å². The number of fused-ring (bicyclic) bond motifs is 1. The maximum atomic E-state index is 13.1. The average Bonchev–Trinajstić information content (AvgIpc) is 2.84. The van der Waals surface area contributed by atoms with Crippen molar-refractivity contribution < 1.29 is 27.6 Å². The molecule has 0 heterocycles. The summed E-state index contributed by atoms with van der Waals surface area (Å²) >= 11 is 12.4.